The second-order valence-corrected chi connectivity index (χ2v) is 12.7. The van der Waals surface area contributed by atoms with Crippen LogP contribution in [0.1, 0.15) is 89.3 Å². The Morgan fingerprint density at radius 3 is 2.64 bits per heavy atom. The lowest BCUT2D eigenvalue weighted by Crippen LogP contribution is -2.31. The quantitative estimate of drug-likeness (QED) is 0.288. The van der Waals surface area contributed by atoms with E-state index in [1.54, 1.807) is 26.1 Å². The van der Waals surface area contributed by atoms with Crippen LogP contribution in [0.25, 0.3) is 11.5 Å². The Morgan fingerprint density at radius 1 is 1.23 bits per heavy atom. The van der Waals surface area contributed by atoms with Crippen molar-refractivity contribution in [1.29, 1.82) is 0 Å². The highest BCUT2D eigenvalue weighted by atomic mass is 16.3. The molecule has 2 aliphatic carbocycles. The molecule has 0 aliphatic heterocycles. The van der Waals surface area contributed by atoms with Crippen LogP contribution in [0.15, 0.2) is 35.2 Å². The summed E-state index contributed by atoms with van der Waals surface area (Å²) in [6.45, 7) is 12.1. The van der Waals surface area contributed by atoms with Gasteiger partial charge in [-0.2, -0.15) is 5.10 Å². The molecule has 0 spiro atoms. The van der Waals surface area contributed by atoms with E-state index >= 15 is 0 Å². The van der Waals surface area contributed by atoms with E-state index in [9.17, 15) is 9.90 Å². The molecule has 0 radical (unpaired) electrons. The van der Waals surface area contributed by atoms with Crippen molar-refractivity contribution in [3.63, 3.8) is 0 Å². The van der Waals surface area contributed by atoms with E-state index in [2.05, 4.69) is 46.5 Å². The van der Waals surface area contributed by atoms with Gasteiger partial charge < -0.3 is 20.2 Å². The topological polar surface area (TPSA) is 118 Å². The van der Waals surface area contributed by atoms with Gasteiger partial charge in [-0.1, -0.05) is 20.8 Å². The number of oxazole rings is 1. The molecular weight excluding hydrogens is 492 g/mol. The monoisotopic (exact) mass is 534 g/mol. The molecule has 0 unspecified atom stereocenters. The number of amides is 1. The van der Waals surface area contributed by atoms with Crippen LogP contribution >= 0.6 is 0 Å². The molecule has 2 saturated carbocycles. The van der Waals surface area contributed by atoms with Gasteiger partial charge >= 0.3 is 0 Å². The third-order valence-electron chi connectivity index (χ3n) is 8.69. The Kier molecular flexibility index (Phi) is 7.55. The van der Waals surface area contributed by atoms with E-state index in [4.69, 9.17) is 4.42 Å². The molecule has 3 aromatic rings. The minimum Gasteiger partial charge on any atom is -0.444 e. The predicted octanol–water partition coefficient (Wildman–Crippen LogP) is 6.09. The van der Waals surface area contributed by atoms with Crippen molar-refractivity contribution in [1.82, 2.24) is 19.7 Å². The summed E-state index contributed by atoms with van der Waals surface area (Å²) in [5.41, 5.74) is 1.00. The first-order valence-corrected chi connectivity index (χ1v) is 14.3. The van der Waals surface area contributed by atoms with Gasteiger partial charge in [-0.3, -0.25) is 9.48 Å². The highest BCUT2D eigenvalue weighted by Crippen LogP contribution is 2.44. The summed E-state index contributed by atoms with van der Waals surface area (Å²) in [7, 11) is 0. The number of carbonyl (C=O) groups is 1. The molecular formula is C30H42N6O3. The first-order valence-electron chi connectivity index (χ1n) is 14.3. The number of rotatable bonds is 10. The number of nitrogens with one attached hydrogen (secondary N) is 2. The highest BCUT2D eigenvalue weighted by Gasteiger charge is 2.34. The van der Waals surface area contributed by atoms with Crippen LogP contribution in [0, 0.1) is 23.2 Å². The van der Waals surface area contributed by atoms with Crippen LogP contribution < -0.4 is 10.6 Å². The number of carbonyl (C=O) groups excluding carboxylic acids is 1. The molecule has 0 bridgehead atoms. The van der Waals surface area contributed by atoms with Gasteiger partial charge in [0.25, 0.3) is 5.91 Å². The van der Waals surface area contributed by atoms with Gasteiger partial charge in [-0.25, -0.2) is 9.97 Å². The molecule has 2 aliphatic rings. The number of hydrogen-bond acceptors (Lipinski definition) is 7. The zero-order valence-electron chi connectivity index (χ0n) is 23.8. The first kappa shape index (κ1) is 27.4. The average molecular weight is 535 g/mol. The summed E-state index contributed by atoms with van der Waals surface area (Å²) >= 11 is 0. The van der Waals surface area contributed by atoms with Crippen molar-refractivity contribution in [2.45, 2.75) is 85.3 Å². The SMILES string of the molecule is CC(C)C1(C)CCC(Cn2cc(NC(=O)c3coc(-c4ccnc(NCC5CC5)c4)n3)c(C(C)(C)O)n2)CC1. The van der Waals surface area contributed by atoms with E-state index in [0.717, 1.165) is 43.2 Å². The molecule has 39 heavy (non-hydrogen) atoms. The molecule has 210 valence electrons. The third-order valence-corrected chi connectivity index (χ3v) is 8.69. The van der Waals surface area contributed by atoms with Crippen LogP contribution in [0.5, 0.6) is 0 Å². The lowest BCUT2D eigenvalue weighted by molar-refractivity contribution is 0.0728. The summed E-state index contributed by atoms with van der Waals surface area (Å²) in [5, 5.41) is 21.7. The maximum absolute atomic E-state index is 13.1. The van der Waals surface area contributed by atoms with Gasteiger partial charge in [0, 0.05) is 31.0 Å². The molecule has 2 fully saturated rings. The minimum absolute atomic E-state index is 0.156. The highest BCUT2D eigenvalue weighted by molar-refractivity contribution is 6.03. The summed E-state index contributed by atoms with van der Waals surface area (Å²) in [6.07, 6.45) is 12.1. The summed E-state index contributed by atoms with van der Waals surface area (Å²) in [5.74, 6) is 2.62. The summed E-state index contributed by atoms with van der Waals surface area (Å²) in [4.78, 5) is 21.9. The number of aromatic nitrogens is 4. The molecule has 3 aromatic heterocycles. The largest absolute Gasteiger partial charge is 0.444 e. The van der Waals surface area contributed by atoms with E-state index in [1.165, 1.54) is 31.9 Å². The molecule has 5 rings (SSSR count). The second kappa shape index (κ2) is 10.8. The Bertz CT molecular complexity index is 1290. The number of anilines is 2. The average Bonchev–Trinajstić information content (AvgIpc) is 3.42. The van der Waals surface area contributed by atoms with E-state index in [0.29, 0.717) is 34.5 Å². The standard InChI is InChI=1S/C30H42N6O3/c1-19(2)30(5)11-8-21(9-12-30)16-36-17-23(26(35-36)29(3,4)38)33-27(37)24-18-39-28(34-24)22-10-13-31-25(14-22)32-15-20-6-7-20/h10,13-14,17-21,38H,6-9,11-12,15-16H2,1-5H3,(H,31,32)(H,33,37). The van der Waals surface area contributed by atoms with Crippen molar-refractivity contribution < 1.29 is 14.3 Å². The molecule has 0 atom stereocenters. The Hall–Kier alpha value is -3.20. The predicted molar refractivity (Wildman–Crippen MR) is 151 cm³/mol. The number of aliphatic hydroxyl groups is 1. The lowest BCUT2D eigenvalue weighted by atomic mass is 9.66. The maximum Gasteiger partial charge on any atom is 0.277 e. The Morgan fingerprint density at radius 2 is 1.97 bits per heavy atom. The molecule has 0 saturated heterocycles. The van der Waals surface area contributed by atoms with Gasteiger partial charge in [0.05, 0.1) is 5.69 Å². The molecule has 9 nitrogen and oxygen atoms in total. The van der Waals surface area contributed by atoms with E-state index in [1.807, 2.05) is 16.9 Å². The fourth-order valence-electron chi connectivity index (χ4n) is 5.35. The van der Waals surface area contributed by atoms with Crippen molar-refractivity contribution >= 4 is 17.4 Å². The number of hydrogen-bond donors (Lipinski definition) is 3. The Balaban J connectivity index is 1.26. The molecule has 9 heteroatoms. The second-order valence-electron chi connectivity index (χ2n) is 12.7. The van der Waals surface area contributed by atoms with E-state index < -0.39 is 11.5 Å². The molecule has 0 aromatic carbocycles. The van der Waals surface area contributed by atoms with Gasteiger partial charge in [0.2, 0.25) is 5.89 Å². The zero-order chi connectivity index (χ0) is 27.8. The lowest BCUT2D eigenvalue weighted by Gasteiger charge is -2.40. The normalized spacial score (nSPS) is 21.8. The fourth-order valence-corrected chi connectivity index (χ4v) is 5.35. The number of pyridine rings is 1. The van der Waals surface area contributed by atoms with Crippen LogP contribution in [0.3, 0.4) is 0 Å². The molecule has 1 amide bonds. The van der Waals surface area contributed by atoms with Crippen molar-refractivity contribution in [2.24, 2.45) is 23.2 Å². The van der Waals surface area contributed by atoms with Crippen LogP contribution in [-0.4, -0.2) is 37.3 Å². The van der Waals surface area contributed by atoms with Crippen molar-refractivity contribution in [3.8, 4) is 11.5 Å². The fraction of sp³-hybridized carbons (Fsp3) is 0.600. The van der Waals surface area contributed by atoms with Crippen LogP contribution in [0.4, 0.5) is 11.5 Å². The van der Waals surface area contributed by atoms with Gasteiger partial charge in [0.1, 0.15) is 23.4 Å². The van der Waals surface area contributed by atoms with E-state index in [-0.39, 0.29) is 5.69 Å². The van der Waals surface area contributed by atoms with Gasteiger partial charge in [-0.15, -0.1) is 0 Å². The van der Waals surface area contributed by atoms with Gasteiger partial charge in [0.15, 0.2) is 5.69 Å². The smallest absolute Gasteiger partial charge is 0.277 e. The minimum atomic E-state index is -1.22. The number of nitrogens with zero attached hydrogens (tertiary/aromatic N) is 4. The zero-order valence-corrected chi connectivity index (χ0v) is 23.8. The Labute approximate surface area is 230 Å². The summed E-state index contributed by atoms with van der Waals surface area (Å²) in [6, 6.07) is 3.68. The van der Waals surface area contributed by atoms with Crippen molar-refractivity contribution in [2.75, 3.05) is 17.2 Å². The third kappa shape index (κ3) is 6.52. The molecule has 3 heterocycles. The first-order chi connectivity index (χ1) is 18.5. The van der Waals surface area contributed by atoms with Crippen molar-refractivity contribution in [3.05, 3.63) is 42.2 Å². The summed E-state index contributed by atoms with van der Waals surface area (Å²) < 4.78 is 7.51. The van der Waals surface area contributed by atoms with Crippen LogP contribution in [0.2, 0.25) is 0 Å². The molecule has 3 N–H and O–H groups in total. The van der Waals surface area contributed by atoms with Crippen LogP contribution in [-0.2, 0) is 12.1 Å². The van der Waals surface area contributed by atoms with Gasteiger partial charge in [-0.05, 0) is 87.7 Å². The maximum atomic E-state index is 13.1.